The number of aromatic carboxylic acids is 2. The van der Waals surface area contributed by atoms with Crippen LogP contribution in [0.5, 0.6) is 0 Å². The molecule has 6 heteroatoms. The molecule has 0 atom stereocenters. The third-order valence-electron chi connectivity index (χ3n) is 1.24. The first-order chi connectivity index (χ1) is 5.63. The average molecular weight is 222 g/mol. The molecule has 1 aromatic heterocycles. The number of hydrogen-bond donors (Lipinski definition) is 2. The van der Waals surface area contributed by atoms with Gasteiger partial charge in [0.15, 0.2) is 5.69 Å². The average Bonchev–Trinajstić information content (AvgIpc) is 2.04. The number of carboxylic acids is 2. The molecule has 13 heavy (non-hydrogen) atoms. The normalized spacial score (nSPS) is 8.62. The van der Waals surface area contributed by atoms with Crippen LogP contribution in [0.2, 0.25) is 0 Å². The van der Waals surface area contributed by atoms with Gasteiger partial charge in [-0.2, -0.15) is 0 Å². The van der Waals surface area contributed by atoms with E-state index in [4.69, 9.17) is 10.2 Å². The molecule has 0 aromatic carbocycles. The first-order valence-corrected chi connectivity index (χ1v) is 3.04. The second kappa shape index (κ2) is 4.59. The molecule has 0 aliphatic rings. The molecule has 0 saturated carbocycles. The van der Waals surface area contributed by atoms with Crippen molar-refractivity contribution in [2.75, 3.05) is 0 Å². The Morgan fingerprint density at radius 1 is 1.23 bits per heavy atom. The summed E-state index contributed by atoms with van der Waals surface area (Å²) in [7, 11) is 0. The van der Waals surface area contributed by atoms with Gasteiger partial charge in [0, 0.05) is 23.3 Å². The second-order valence-corrected chi connectivity index (χ2v) is 2.01. The van der Waals surface area contributed by atoms with Gasteiger partial charge in [-0.25, -0.2) is 14.6 Å². The Morgan fingerprint density at radius 2 is 1.85 bits per heavy atom. The molecule has 1 heterocycles. The van der Waals surface area contributed by atoms with E-state index in [0.717, 1.165) is 0 Å². The largest absolute Gasteiger partial charge is 0.478 e. The Morgan fingerprint density at radius 3 is 2.23 bits per heavy atom. The fourth-order valence-corrected chi connectivity index (χ4v) is 0.748. The van der Waals surface area contributed by atoms with Crippen LogP contribution in [0.1, 0.15) is 20.8 Å². The van der Waals surface area contributed by atoms with Gasteiger partial charge in [-0.1, -0.05) is 0 Å². The van der Waals surface area contributed by atoms with Gasteiger partial charge < -0.3 is 10.2 Å². The number of carbonyl (C=O) groups is 2. The van der Waals surface area contributed by atoms with Crippen molar-refractivity contribution in [1.82, 2.24) is 4.98 Å². The van der Waals surface area contributed by atoms with Crippen molar-refractivity contribution in [3.63, 3.8) is 0 Å². The van der Waals surface area contributed by atoms with E-state index in [2.05, 4.69) is 4.98 Å². The predicted octanol–water partition coefficient (Wildman–Crippen LogP) is 0.475. The van der Waals surface area contributed by atoms with Crippen molar-refractivity contribution in [2.24, 2.45) is 0 Å². The Bertz CT molecular complexity index is 306. The van der Waals surface area contributed by atoms with Crippen LogP contribution in [0.15, 0.2) is 18.3 Å². The van der Waals surface area contributed by atoms with Crippen LogP contribution >= 0.6 is 0 Å². The maximum atomic E-state index is 10.4. The molecule has 0 unspecified atom stereocenters. The van der Waals surface area contributed by atoms with Crippen LogP contribution < -0.4 is 0 Å². The third-order valence-corrected chi connectivity index (χ3v) is 1.24. The van der Waals surface area contributed by atoms with E-state index < -0.39 is 17.6 Å². The van der Waals surface area contributed by atoms with E-state index in [9.17, 15) is 9.59 Å². The van der Waals surface area contributed by atoms with Crippen LogP contribution in [0, 0.1) is 0 Å². The van der Waals surface area contributed by atoms with Gasteiger partial charge in [0.1, 0.15) is 0 Å². The topological polar surface area (TPSA) is 87.5 Å². The number of hydrogen-bond acceptors (Lipinski definition) is 3. The number of nitrogens with zero attached hydrogens (tertiary/aromatic N) is 1. The molecule has 0 fully saturated rings. The third kappa shape index (κ3) is 2.54. The van der Waals surface area contributed by atoms with Crippen LogP contribution in [-0.2, 0) is 17.1 Å². The molecule has 0 aliphatic carbocycles. The number of carboxylic acid groups (broad SMARTS) is 2. The van der Waals surface area contributed by atoms with Gasteiger partial charge in [0.25, 0.3) is 0 Å². The molecule has 1 aromatic rings. The Labute approximate surface area is 83.9 Å². The number of rotatable bonds is 2. The fourth-order valence-electron chi connectivity index (χ4n) is 0.748. The summed E-state index contributed by atoms with van der Waals surface area (Å²) in [6, 6.07) is 2.56. The van der Waals surface area contributed by atoms with Gasteiger partial charge in [-0.3, -0.25) is 0 Å². The van der Waals surface area contributed by atoms with Gasteiger partial charge >= 0.3 is 11.9 Å². The maximum absolute atomic E-state index is 10.4. The molecule has 1 radical (unpaired) electrons. The summed E-state index contributed by atoms with van der Waals surface area (Å²) in [4.78, 5) is 24.2. The Balaban J connectivity index is 0.00000144. The zero-order valence-electron chi connectivity index (χ0n) is 6.27. The van der Waals surface area contributed by atoms with E-state index in [1.165, 1.54) is 18.3 Å². The summed E-state index contributed by atoms with van der Waals surface area (Å²) in [5.41, 5.74) is -0.741. The van der Waals surface area contributed by atoms with Gasteiger partial charge in [-0.05, 0) is 12.1 Å². The first kappa shape index (κ1) is 11.6. The Kier molecular flexibility index (Phi) is 4.10. The van der Waals surface area contributed by atoms with Crippen LogP contribution in [0.4, 0.5) is 0 Å². The summed E-state index contributed by atoms with van der Waals surface area (Å²) < 4.78 is 0. The second-order valence-electron chi connectivity index (χ2n) is 2.01. The molecule has 1 rings (SSSR count). The predicted molar refractivity (Wildman–Crippen MR) is 38.2 cm³/mol. The fraction of sp³-hybridized carbons (Fsp3) is 0. The standard InChI is InChI=1S/C7H5NO4.Mn/c9-6(10)4-2-1-3-8-5(4)7(11)12;/h1-3H,(H,9,10)(H,11,12);. The molecule has 2 N–H and O–H groups in total. The Hall–Kier alpha value is -1.39. The van der Waals surface area contributed by atoms with E-state index >= 15 is 0 Å². The quantitative estimate of drug-likeness (QED) is 0.710. The molecule has 5 nitrogen and oxygen atoms in total. The summed E-state index contributed by atoms with van der Waals surface area (Å²) >= 11 is 0. The molecule has 0 amide bonds. The zero-order valence-corrected chi connectivity index (χ0v) is 7.45. The molecule has 0 spiro atoms. The van der Waals surface area contributed by atoms with Crippen LogP contribution in [0.3, 0.4) is 0 Å². The van der Waals surface area contributed by atoms with Crippen molar-refractivity contribution < 1.29 is 36.9 Å². The van der Waals surface area contributed by atoms with Crippen molar-refractivity contribution in [1.29, 1.82) is 0 Å². The minimum absolute atomic E-state index is 0. The minimum Gasteiger partial charge on any atom is -0.478 e. The molecule has 69 valence electrons. The molecule has 0 saturated heterocycles. The zero-order chi connectivity index (χ0) is 9.14. The van der Waals surface area contributed by atoms with Gasteiger partial charge in [0.05, 0.1) is 5.56 Å². The van der Waals surface area contributed by atoms with Crippen molar-refractivity contribution in [3.8, 4) is 0 Å². The monoisotopic (exact) mass is 222 g/mol. The first-order valence-electron chi connectivity index (χ1n) is 3.04. The summed E-state index contributed by atoms with van der Waals surface area (Å²) in [5.74, 6) is -2.63. The summed E-state index contributed by atoms with van der Waals surface area (Å²) in [6.07, 6.45) is 1.23. The van der Waals surface area contributed by atoms with Crippen molar-refractivity contribution in [2.45, 2.75) is 0 Å². The maximum Gasteiger partial charge on any atom is 0.355 e. The minimum atomic E-state index is -1.34. The van der Waals surface area contributed by atoms with Crippen molar-refractivity contribution in [3.05, 3.63) is 29.6 Å². The van der Waals surface area contributed by atoms with Crippen LogP contribution in [-0.4, -0.2) is 27.1 Å². The summed E-state index contributed by atoms with van der Waals surface area (Å²) in [6.45, 7) is 0. The van der Waals surface area contributed by atoms with E-state index in [-0.39, 0.29) is 22.6 Å². The molecule has 0 aliphatic heterocycles. The molecule has 0 bridgehead atoms. The SMILES string of the molecule is O=C(O)c1cccnc1C(=O)O.[Mn]. The van der Waals surface area contributed by atoms with Crippen molar-refractivity contribution >= 4 is 11.9 Å². The van der Waals surface area contributed by atoms with Gasteiger partial charge in [0.2, 0.25) is 0 Å². The number of pyridine rings is 1. The van der Waals surface area contributed by atoms with Gasteiger partial charge in [-0.15, -0.1) is 0 Å². The molecular formula is C7H5MnNO4. The number of aromatic nitrogens is 1. The summed E-state index contributed by atoms with van der Waals surface area (Å²) in [5, 5.41) is 17.0. The van der Waals surface area contributed by atoms with E-state index in [1.54, 1.807) is 0 Å². The molecular weight excluding hydrogens is 217 g/mol. The van der Waals surface area contributed by atoms with Crippen LogP contribution in [0.25, 0.3) is 0 Å². The smallest absolute Gasteiger partial charge is 0.355 e. The van der Waals surface area contributed by atoms with E-state index in [0.29, 0.717) is 0 Å². The van der Waals surface area contributed by atoms with E-state index in [1.807, 2.05) is 0 Å².